The van der Waals surface area contributed by atoms with Crippen LogP contribution in [0.1, 0.15) is 6.42 Å². The maximum atomic E-state index is 3.54. The lowest BCUT2D eigenvalue weighted by Gasteiger charge is -1.59. The minimum Gasteiger partial charge on any atom is -0.354 e. The number of quaternary nitrogens is 1. The van der Waals surface area contributed by atoms with Gasteiger partial charge < -0.3 is 5.73 Å². The third-order valence-corrected chi connectivity index (χ3v) is 0.250. The molecule has 0 fully saturated rings. The first kappa shape index (κ1) is 3.83. The van der Waals surface area contributed by atoms with Crippen LogP contribution >= 0.6 is 0 Å². The van der Waals surface area contributed by atoms with E-state index in [1.807, 2.05) is 0 Å². The van der Waals surface area contributed by atoms with Crippen LogP contribution in [0, 0.1) is 6.92 Å². The summed E-state index contributed by atoms with van der Waals surface area (Å²) in [4.78, 5) is 0. The van der Waals surface area contributed by atoms with Gasteiger partial charge in [-0.3, -0.25) is 0 Å². The van der Waals surface area contributed by atoms with E-state index in [1.165, 1.54) is 0 Å². The third kappa shape index (κ3) is 1.83. The first-order valence-electron chi connectivity index (χ1n) is 1.50. The van der Waals surface area contributed by atoms with Crippen LogP contribution in [-0.4, -0.2) is 6.54 Å². The Bertz CT molecular complexity index is 5.25. The van der Waals surface area contributed by atoms with Gasteiger partial charge in [0.2, 0.25) is 0 Å². The SMILES string of the molecule is [CH2+]CC[NH3+]. The molecule has 0 aliphatic carbocycles. The molecule has 0 aliphatic rings. The molecule has 0 amide bonds. The summed E-state index contributed by atoms with van der Waals surface area (Å²) in [7, 11) is 0. The van der Waals surface area contributed by atoms with Crippen molar-refractivity contribution in [3.05, 3.63) is 6.92 Å². The summed E-state index contributed by atoms with van der Waals surface area (Å²) in [5.74, 6) is 0. The average molecular weight is 59.1 g/mol. The second-order valence-electron chi connectivity index (χ2n) is 0.707. The predicted molar refractivity (Wildman–Crippen MR) is 17.7 cm³/mol. The number of rotatable bonds is 1. The van der Waals surface area contributed by atoms with Crippen molar-refractivity contribution in [2.24, 2.45) is 0 Å². The Labute approximate surface area is 26.8 Å². The third-order valence-electron chi connectivity index (χ3n) is 0.250. The van der Waals surface area contributed by atoms with Crippen LogP contribution in [0.25, 0.3) is 0 Å². The van der Waals surface area contributed by atoms with Gasteiger partial charge in [0.1, 0.15) is 13.0 Å². The topological polar surface area (TPSA) is 27.6 Å². The zero-order chi connectivity index (χ0) is 3.41. The van der Waals surface area contributed by atoms with E-state index in [-0.39, 0.29) is 0 Å². The molecule has 0 spiro atoms. The van der Waals surface area contributed by atoms with Crippen LogP contribution in [-0.2, 0) is 0 Å². The van der Waals surface area contributed by atoms with Crippen molar-refractivity contribution in [3.8, 4) is 0 Å². The molecule has 24 valence electrons. The zero-order valence-corrected chi connectivity index (χ0v) is 2.83. The molecule has 0 aromatic heterocycles. The second kappa shape index (κ2) is 2.83. The van der Waals surface area contributed by atoms with Gasteiger partial charge in [-0.2, -0.15) is 0 Å². The van der Waals surface area contributed by atoms with Crippen LogP contribution in [0.4, 0.5) is 0 Å². The molecule has 0 rings (SSSR count). The molecule has 1 nitrogen and oxygen atoms in total. The first-order chi connectivity index (χ1) is 1.91. The molecular formula is C3H9N+2. The van der Waals surface area contributed by atoms with Gasteiger partial charge in [-0.25, -0.2) is 0 Å². The molecule has 0 aromatic carbocycles. The van der Waals surface area contributed by atoms with Crippen LogP contribution in [0.5, 0.6) is 0 Å². The summed E-state index contributed by atoms with van der Waals surface area (Å²) in [5.41, 5.74) is 3.54. The van der Waals surface area contributed by atoms with Crippen molar-refractivity contribution in [1.29, 1.82) is 0 Å². The summed E-state index contributed by atoms with van der Waals surface area (Å²) in [6.45, 7) is 4.50. The van der Waals surface area contributed by atoms with Gasteiger partial charge in [-0.1, -0.05) is 0 Å². The molecule has 0 bridgehead atoms. The van der Waals surface area contributed by atoms with Gasteiger partial charge in [-0.05, 0) is 0 Å². The molecule has 0 saturated carbocycles. The normalized spacial score (nSPS) is 7.25. The minimum absolute atomic E-state index is 0.958. The maximum Gasteiger partial charge on any atom is 0.134 e. The molecule has 1 heteroatoms. The van der Waals surface area contributed by atoms with Crippen molar-refractivity contribution < 1.29 is 5.73 Å². The van der Waals surface area contributed by atoms with Crippen molar-refractivity contribution in [2.45, 2.75) is 6.42 Å². The highest BCUT2D eigenvalue weighted by molar-refractivity contribution is 4.27. The Morgan fingerprint density at radius 2 is 2.00 bits per heavy atom. The number of hydrogen-bond acceptors (Lipinski definition) is 0. The van der Waals surface area contributed by atoms with Gasteiger partial charge in [-0.15, -0.1) is 0 Å². The monoisotopic (exact) mass is 59.1 g/mol. The van der Waals surface area contributed by atoms with Gasteiger partial charge in [0.05, 0.1) is 6.92 Å². The number of hydrogen-bond donors (Lipinski definition) is 1. The molecule has 0 saturated heterocycles. The quantitative estimate of drug-likeness (QED) is 0.393. The van der Waals surface area contributed by atoms with E-state index in [2.05, 4.69) is 12.7 Å². The molecule has 0 heterocycles. The lowest BCUT2D eigenvalue weighted by Crippen LogP contribution is -2.49. The lowest BCUT2D eigenvalue weighted by atomic mass is 10.5. The Balaban J connectivity index is 1.97. The Morgan fingerprint density at radius 3 is 2.00 bits per heavy atom. The Kier molecular flexibility index (Phi) is 2.71. The van der Waals surface area contributed by atoms with E-state index in [0.717, 1.165) is 13.0 Å². The highest BCUT2D eigenvalue weighted by atomic mass is 14.5. The summed E-state index contributed by atoms with van der Waals surface area (Å²) < 4.78 is 0. The van der Waals surface area contributed by atoms with Gasteiger partial charge in [0, 0.05) is 0 Å². The highest BCUT2D eigenvalue weighted by Crippen LogP contribution is 1.53. The molecule has 0 aliphatic heterocycles. The van der Waals surface area contributed by atoms with Crippen molar-refractivity contribution in [3.63, 3.8) is 0 Å². The van der Waals surface area contributed by atoms with Crippen LogP contribution in [0.3, 0.4) is 0 Å². The van der Waals surface area contributed by atoms with E-state index in [0.29, 0.717) is 0 Å². The summed E-state index contributed by atoms with van der Waals surface area (Å²) in [5, 5.41) is 0. The summed E-state index contributed by atoms with van der Waals surface area (Å²) >= 11 is 0. The van der Waals surface area contributed by atoms with Gasteiger partial charge >= 0.3 is 0 Å². The second-order valence-corrected chi connectivity index (χ2v) is 0.707. The maximum absolute atomic E-state index is 3.54. The van der Waals surface area contributed by atoms with E-state index in [4.69, 9.17) is 0 Å². The molecular weight excluding hydrogens is 50.0 g/mol. The van der Waals surface area contributed by atoms with E-state index in [1.54, 1.807) is 0 Å². The fraction of sp³-hybridized carbons (Fsp3) is 0.667. The van der Waals surface area contributed by atoms with Crippen LogP contribution in [0.2, 0.25) is 0 Å². The highest BCUT2D eigenvalue weighted by Gasteiger charge is 1.68. The molecule has 0 unspecified atom stereocenters. The first-order valence-corrected chi connectivity index (χ1v) is 1.50. The standard InChI is InChI=1S/C3H8N/c1-2-3-4/h1-4H2/q+1/p+1. The predicted octanol–water partition coefficient (Wildman–Crippen LogP) is -0.548. The van der Waals surface area contributed by atoms with Gasteiger partial charge in [0.15, 0.2) is 0 Å². The average Bonchev–Trinajstić information content (AvgIpc) is 1.37. The van der Waals surface area contributed by atoms with Crippen LogP contribution in [0.15, 0.2) is 0 Å². The summed E-state index contributed by atoms with van der Waals surface area (Å²) in [6.07, 6.45) is 0.958. The Hall–Kier alpha value is -0.170. The Morgan fingerprint density at radius 1 is 1.75 bits per heavy atom. The van der Waals surface area contributed by atoms with Crippen molar-refractivity contribution in [2.75, 3.05) is 6.54 Å². The van der Waals surface area contributed by atoms with Crippen molar-refractivity contribution in [1.82, 2.24) is 0 Å². The molecule has 0 atom stereocenters. The van der Waals surface area contributed by atoms with Crippen molar-refractivity contribution >= 4 is 0 Å². The van der Waals surface area contributed by atoms with Crippen LogP contribution < -0.4 is 5.73 Å². The fourth-order valence-electron chi connectivity index (χ4n) is 0. The molecule has 3 N–H and O–H groups in total. The molecule has 0 radical (unpaired) electrons. The zero-order valence-electron chi connectivity index (χ0n) is 2.83. The smallest absolute Gasteiger partial charge is 0.134 e. The van der Waals surface area contributed by atoms with E-state index in [9.17, 15) is 0 Å². The van der Waals surface area contributed by atoms with E-state index >= 15 is 0 Å². The molecule has 0 aromatic rings. The largest absolute Gasteiger partial charge is 0.354 e. The molecule has 4 heavy (non-hydrogen) atoms. The fourth-order valence-corrected chi connectivity index (χ4v) is 0. The van der Waals surface area contributed by atoms with E-state index < -0.39 is 0 Å². The lowest BCUT2D eigenvalue weighted by molar-refractivity contribution is -0.366. The summed E-state index contributed by atoms with van der Waals surface area (Å²) in [6, 6.07) is 0. The van der Waals surface area contributed by atoms with Gasteiger partial charge in [0.25, 0.3) is 0 Å². The minimum atomic E-state index is 0.958.